The van der Waals surface area contributed by atoms with Crippen LogP contribution in [0.3, 0.4) is 0 Å². The van der Waals surface area contributed by atoms with Gasteiger partial charge >= 0.3 is 5.97 Å². The number of nitrogens with one attached hydrogen (secondary N) is 1. The second-order valence-corrected chi connectivity index (χ2v) is 5.50. The Balaban J connectivity index is 2.11. The minimum atomic E-state index is -0.918. The average Bonchev–Trinajstić information content (AvgIpc) is 2.57. The lowest BCUT2D eigenvalue weighted by Gasteiger charge is -2.15. The Morgan fingerprint density at radius 1 is 1.17 bits per heavy atom. The molecule has 0 heterocycles. The first-order chi connectivity index (χ1) is 11.6. The molecule has 128 valence electrons. The molecule has 0 amide bonds. The molecule has 5 nitrogen and oxygen atoms in total. The maximum atomic E-state index is 10.6. The second kappa shape index (κ2) is 9.15. The molecule has 0 aliphatic heterocycles. The molecule has 0 radical (unpaired) electrons. The van der Waals surface area contributed by atoms with Crippen LogP contribution in [-0.2, 0) is 17.9 Å². The molecule has 0 aromatic heterocycles. The zero-order valence-corrected chi connectivity index (χ0v) is 14.2. The summed E-state index contributed by atoms with van der Waals surface area (Å²) in [5, 5.41) is 12.0. The molecule has 0 aliphatic rings. The van der Waals surface area contributed by atoms with Crippen LogP contribution in [0.5, 0.6) is 11.5 Å². The van der Waals surface area contributed by atoms with Gasteiger partial charge in [-0.15, -0.1) is 0 Å². The van der Waals surface area contributed by atoms with Gasteiger partial charge in [0.2, 0.25) is 0 Å². The quantitative estimate of drug-likeness (QED) is 0.725. The van der Waals surface area contributed by atoms with E-state index in [1.165, 1.54) is 0 Å². The van der Waals surface area contributed by atoms with Crippen LogP contribution in [0.2, 0.25) is 5.02 Å². The SMILES string of the molecule is CCOc1cc(CNCC(=O)O)c(Cl)cc1OCc1ccccc1. The van der Waals surface area contributed by atoms with E-state index in [-0.39, 0.29) is 6.54 Å². The molecule has 2 N–H and O–H groups in total. The third-order valence-electron chi connectivity index (χ3n) is 3.24. The fourth-order valence-corrected chi connectivity index (χ4v) is 2.35. The minimum Gasteiger partial charge on any atom is -0.490 e. The van der Waals surface area contributed by atoms with Gasteiger partial charge < -0.3 is 19.9 Å². The lowest BCUT2D eigenvalue weighted by molar-refractivity contribution is -0.135. The predicted octanol–water partition coefficient (Wildman–Crippen LogP) is 3.49. The van der Waals surface area contributed by atoms with Crippen LogP contribution in [0.1, 0.15) is 18.1 Å². The number of carboxylic acid groups (broad SMARTS) is 1. The number of carbonyl (C=O) groups is 1. The third kappa shape index (κ3) is 5.44. The summed E-state index contributed by atoms with van der Waals surface area (Å²) < 4.78 is 11.5. The summed E-state index contributed by atoms with van der Waals surface area (Å²) in [5.41, 5.74) is 1.80. The summed E-state index contributed by atoms with van der Waals surface area (Å²) >= 11 is 6.28. The highest BCUT2D eigenvalue weighted by Gasteiger charge is 2.12. The Morgan fingerprint density at radius 2 is 1.88 bits per heavy atom. The molecule has 2 aromatic carbocycles. The molecule has 0 bridgehead atoms. The Kier molecular flexibility index (Phi) is 6.90. The number of rotatable bonds is 9. The Bertz CT molecular complexity index is 676. The monoisotopic (exact) mass is 349 g/mol. The van der Waals surface area contributed by atoms with Gasteiger partial charge in [-0.05, 0) is 24.1 Å². The minimum absolute atomic E-state index is 0.132. The fourth-order valence-electron chi connectivity index (χ4n) is 2.13. The zero-order chi connectivity index (χ0) is 17.4. The number of hydrogen-bond acceptors (Lipinski definition) is 4. The summed E-state index contributed by atoms with van der Waals surface area (Å²) in [6.07, 6.45) is 0. The molecule has 0 atom stereocenters. The fraction of sp³-hybridized carbons (Fsp3) is 0.278. The molecular formula is C18H20ClNO4. The van der Waals surface area contributed by atoms with E-state index in [1.54, 1.807) is 12.1 Å². The van der Waals surface area contributed by atoms with Gasteiger partial charge in [-0.1, -0.05) is 41.9 Å². The molecule has 2 rings (SSSR count). The van der Waals surface area contributed by atoms with Crippen molar-refractivity contribution < 1.29 is 19.4 Å². The molecule has 0 aliphatic carbocycles. The van der Waals surface area contributed by atoms with Crippen LogP contribution >= 0.6 is 11.6 Å². The van der Waals surface area contributed by atoms with E-state index in [0.717, 1.165) is 11.1 Å². The molecule has 0 spiro atoms. The second-order valence-electron chi connectivity index (χ2n) is 5.09. The number of aliphatic carboxylic acids is 1. The first kappa shape index (κ1) is 18.1. The van der Waals surface area contributed by atoms with E-state index in [1.807, 2.05) is 37.3 Å². The van der Waals surface area contributed by atoms with Crippen LogP contribution in [-0.4, -0.2) is 24.2 Å². The van der Waals surface area contributed by atoms with Crippen molar-refractivity contribution in [2.75, 3.05) is 13.2 Å². The summed E-state index contributed by atoms with van der Waals surface area (Å²) in [4.78, 5) is 10.6. The number of ether oxygens (including phenoxy) is 2. The van der Waals surface area contributed by atoms with E-state index in [0.29, 0.717) is 36.3 Å². The number of halogens is 1. The van der Waals surface area contributed by atoms with Gasteiger partial charge in [-0.3, -0.25) is 4.79 Å². The van der Waals surface area contributed by atoms with Crippen molar-refractivity contribution in [2.24, 2.45) is 0 Å². The lowest BCUT2D eigenvalue weighted by atomic mass is 10.2. The molecule has 0 saturated carbocycles. The maximum Gasteiger partial charge on any atom is 0.317 e. The van der Waals surface area contributed by atoms with Crippen molar-refractivity contribution in [1.29, 1.82) is 0 Å². The standard InChI is InChI=1S/C18H20ClNO4/c1-2-23-16-8-14(10-20-11-18(21)22)15(19)9-17(16)24-12-13-6-4-3-5-7-13/h3-9,20H,2,10-12H2,1H3,(H,21,22). The van der Waals surface area contributed by atoms with Crippen LogP contribution in [0.4, 0.5) is 0 Å². The first-order valence-corrected chi connectivity index (χ1v) is 8.02. The molecule has 2 aromatic rings. The molecule has 24 heavy (non-hydrogen) atoms. The zero-order valence-electron chi connectivity index (χ0n) is 13.4. The van der Waals surface area contributed by atoms with Gasteiger partial charge in [0.05, 0.1) is 13.2 Å². The van der Waals surface area contributed by atoms with Gasteiger partial charge in [0.1, 0.15) is 6.61 Å². The Hall–Kier alpha value is -2.24. The maximum absolute atomic E-state index is 10.6. The first-order valence-electron chi connectivity index (χ1n) is 7.64. The van der Waals surface area contributed by atoms with Crippen molar-refractivity contribution in [1.82, 2.24) is 5.32 Å². The predicted molar refractivity (Wildman–Crippen MR) is 92.7 cm³/mol. The van der Waals surface area contributed by atoms with Gasteiger partial charge in [-0.2, -0.15) is 0 Å². The molecule has 0 saturated heterocycles. The largest absolute Gasteiger partial charge is 0.490 e. The Morgan fingerprint density at radius 3 is 2.54 bits per heavy atom. The average molecular weight is 350 g/mol. The van der Waals surface area contributed by atoms with Crippen LogP contribution in [0, 0.1) is 0 Å². The molecule has 0 fully saturated rings. The van der Waals surface area contributed by atoms with Gasteiger partial charge in [-0.25, -0.2) is 0 Å². The summed E-state index contributed by atoms with van der Waals surface area (Å²) in [7, 11) is 0. The highest BCUT2D eigenvalue weighted by molar-refractivity contribution is 6.31. The van der Waals surface area contributed by atoms with E-state index >= 15 is 0 Å². The lowest BCUT2D eigenvalue weighted by Crippen LogP contribution is -2.22. The van der Waals surface area contributed by atoms with Gasteiger partial charge in [0.15, 0.2) is 11.5 Å². The normalized spacial score (nSPS) is 10.4. The topological polar surface area (TPSA) is 67.8 Å². The summed E-state index contributed by atoms with van der Waals surface area (Å²) in [6.45, 7) is 2.99. The van der Waals surface area contributed by atoms with Crippen molar-refractivity contribution in [3.8, 4) is 11.5 Å². The van der Waals surface area contributed by atoms with Crippen LogP contribution in [0.15, 0.2) is 42.5 Å². The highest BCUT2D eigenvalue weighted by Crippen LogP contribution is 2.34. The molecule has 6 heteroatoms. The van der Waals surface area contributed by atoms with Crippen molar-refractivity contribution in [3.05, 3.63) is 58.6 Å². The van der Waals surface area contributed by atoms with E-state index in [4.69, 9.17) is 26.2 Å². The van der Waals surface area contributed by atoms with Crippen LogP contribution in [0.25, 0.3) is 0 Å². The van der Waals surface area contributed by atoms with E-state index in [2.05, 4.69) is 5.32 Å². The summed E-state index contributed by atoms with van der Waals surface area (Å²) in [5.74, 6) is 0.233. The Labute approximate surface area is 146 Å². The molecule has 0 unspecified atom stereocenters. The highest BCUT2D eigenvalue weighted by atomic mass is 35.5. The van der Waals surface area contributed by atoms with Gasteiger partial charge in [0, 0.05) is 17.6 Å². The van der Waals surface area contributed by atoms with Crippen molar-refractivity contribution >= 4 is 17.6 Å². The van der Waals surface area contributed by atoms with Crippen molar-refractivity contribution in [3.63, 3.8) is 0 Å². The van der Waals surface area contributed by atoms with Gasteiger partial charge in [0.25, 0.3) is 0 Å². The number of benzene rings is 2. The van der Waals surface area contributed by atoms with Crippen molar-refractivity contribution in [2.45, 2.75) is 20.1 Å². The number of hydrogen-bond donors (Lipinski definition) is 2. The third-order valence-corrected chi connectivity index (χ3v) is 3.59. The smallest absolute Gasteiger partial charge is 0.317 e. The summed E-state index contributed by atoms with van der Waals surface area (Å²) in [6, 6.07) is 13.3. The van der Waals surface area contributed by atoms with E-state index in [9.17, 15) is 4.79 Å². The molecular weight excluding hydrogens is 330 g/mol. The van der Waals surface area contributed by atoms with Crippen LogP contribution < -0.4 is 14.8 Å². The number of carboxylic acids is 1. The van der Waals surface area contributed by atoms with E-state index < -0.39 is 5.97 Å².